The summed E-state index contributed by atoms with van der Waals surface area (Å²) in [4.78, 5) is 7.90. The number of aromatic amines is 1. The first-order valence-electron chi connectivity index (χ1n) is 6.65. The van der Waals surface area contributed by atoms with Gasteiger partial charge in [-0.05, 0) is 36.8 Å². The Morgan fingerprint density at radius 1 is 1.20 bits per heavy atom. The van der Waals surface area contributed by atoms with Crippen molar-refractivity contribution in [3.05, 3.63) is 64.4 Å². The fraction of sp³-hybridized carbons (Fsp3) is 0.188. The Balaban J connectivity index is 1.69. The first kappa shape index (κ1) is 13.3. The third-order valence-corrected chi connectivity index (χ3v) is 3.86. The van der Waals surface area contributed by atoms with Gasteiger partial charge in [0.25, 0.3) is 0 Å². The summed E-state index contributed by atoms with van der Waals surface area (Å²) in [5.74, 6) is 0.966. The maximum absolute atomic E-state index is 4.57. The molecule has 2 N–H and O–H groups in total. The third kappa shape index (κ3) is 2.92. The summed E-state index contributed by atoms with van der Waals surface area (Å²) < 4.78 is 1.10. The summed E-state index contributed by atoms with van der Waals surface area (Å²) in [6, 6.07) is 16.7. The summed E-state index contributed by atoms with van der Waals surface area (Å²) >= 11 is 3.50. The molecule has 1 aromatic heterocycles. The number of aromatic nitrogens is 2. The van der Waals surface area contributed by atoms with Gasteiger partial charge < -0.3 is 10.3 Å². The number of H-pyrrole nitrogens is 1. The van der Waals surface area contributed by atoms with E-state index >= 15 is 0 Å². The minimum absolute atomic E-state index is 0.278. The minimum atomic E-state index is 0.278. The number of nitrogens with one attached hydrogen (secondary N) is 2. The number of imidazole rings is 1. The molecule has 20 heavy (non-hydrogen) atoms. The molecule has 3 aromatic rings. The number of halogens is 1. The molecule has 102 valence electrons. The topological polar surface area (TPSA) is 40.7 Å². The van der Waals surface area contributed by atoms with E-state index in [1.807, 2.05) is 30.3 Å². The van der Waals surface area contributed by atoms with Crippen LogP contribution in [0.15, 0.2) is 53.0 Å². The van der Waals surface area contributed by atoms with Gasteiger partial charge in [-0.15, -0.1) is 0 Å². The SMILES string of the molecule is CC(NCc1nc2ccccc2[nH]1)c1cccc(Br)c1. The lowest BCUT2D eigenvalue weighted by Crippen LogP contribution is -2.18. The number of para-hydroxylation sites is 2. The summed E-state index contributed by atoms with van der Waals surface area (Å²) in [6.07, 6.45) is 0. The third-order valence-electron chi connectivity index (χ3n) is 3.36. The van der Waals surface area contributed by atoms with Crippen LogP contribution in [0.25, 0.3) is 11.0 Å². The van der Waals surface area contributed by atoms with Gasteiger partial charge in [-0.25, -0.2) is 4.98 Å². The monoisotopic (exact) mass is 329 g/mol. The lowest BCUT2D eigenvalue weighted by molar-refractivity contribution is 0.562. The Kier molecular flexibility index (Phi) is 3.85. The summed E-state index contributed by atoms with van der Waals surface area (Å²) in [5.41, 5.74) is 3.36. The second kappa shape index (κ2) is 5.77. The zero-order valence-corrected chi connectivity index (χ0v) is 12.8. The second-order valence-corrected chi connectivity index (χ2v) is 5.77. The minimum Gasteiger partial charge on any atom is -0.341 e. The molecule has 0 aliphatic rings. The molecule has 0 spiro atoms. The quantitative estimate of drug-likeness (QED) is 0.753. The van der Waals surface area contributed by atoms with Crippen molar-refractivity contribution in [3.63, 3.8) is 0 Å². The molecule has 0 saturated heterocycles. The summed E-state index contributed by atoms with van der Waals surface area (Å²) in [7, 11) is 0. The van der Waals surface area contributed by atoms with Crippen LogP contribution >= 0.6 is 15.9 Å². The highest BCUT2D eigenvalue weighted by Crippen LogP contribution is 2.18. The molecule has 0 aliphatic carbocycles. The standard InChI is InChI=1S/C16H16BrN3/c1-11(12-5-4-6-13(17)9-12)18-10-16-19-14-7-2-3-8-15(14)20-16/h2-9,11,18H,10H2,1H3,(H,19,20). The highest BCUT2D eigenvalue weighted by Gasteiger charge is 2.07. The van der Waals surface area contributed by atoms with Gasteiger partial charge in [0.1, 0.15) is 5.82 Å². The largest absolute Gasteiger partial charge is 0.341 e. The fourth-order valence-corrected chi connectivity index (χ4v) is 2.65. The molecule has 0 fully saturated rings. The van der Waals surface area contributed by atoms with E-state index in [1.54, 1.807) is 0 Å². The molecule has 3 nitrogen and oxygen atoms in total. The van der Waals surface area contributed by atoms with Crippen LogP contribution in [-0.2, 0) is 6.54 Å². The van der Waals surface area contributed by atoms with E-state index in [9.17, 15) is 0 Å². The molecule has 1 atom stereocenters. The van der Waals surface area contributed by atoms with Gasteiger partial charge in [0, 0.05) is 10.5 Å². The van der Waals surface area contributed by atoms with Crippen molar-refractivity contribution in [1.29, 1.82) is 0 Å². The lowest BCUT2D eigenvalue weighted by atomic mass is 10.1. The van der Waals surface area contributed by atoms with Crippen LogP contribution in [0.3, 0.4) is 0 Å². The Morgan fingerprint density at radius 3 is 2.85 bits per heavy atom. The van der Waals surface area contributed by atoms with E-state index in [1.165, 1.54) is 5.56 Å². The van der Waals surface area contributed by atoms with Crippen LogP contribution < -0.4 is 5.32 Å². The van der Waals surface area contributed by atoms with Gasteiger partial charge in [-0.1, -0.05) is 40.2 Å². The van der Waals surface area contributed by atoms with Crippen LogP contribution in [0, 0.1) is 0 Å². The predicted molar refractivity (Wildman–Crippen MR) is 85.5 cm³/mol. The van der Waals surface area contributed by atoms with Crippen LogP contribution in [0.2, 0.25) is 0 Å². The number of rotatable bonds is 4. The van der Waals surface area contributed by atoms with Crippen LogP contribution in [0.4, 0.5) is 0 Å². The smallest absolute Gasteiger partial charge is 0.121 e. The van der Waals surface area contributed by atoms with E-state index in [-0.39, 0.29) is 6.04 Å². The molecule has 2 aromatic carbocycles. The summed E-state index contributed by atoms with van der Waals surface area (Å²) in [5, 5.41) is 3.49. The Morgan fingerprint density at radius 2 is 2.05 bits per heavy atom. The van der Waals surface area contributed by atoms with E-state index in [2.05, 4.69) is 56.3 Å². The lowest BCUT2D eigenvalue weighted by Gasteiger charge is -2.13. The molecule has 0 amide bonds. The van der Waals surface area contributed by atoms with E-state index in [0.29, 0.717) is 0 Å². The van der Waals surface area contributed by atoms with Crippen molar-refractivity contribution >= 4 is 27.0 Å². The average molecular weight is 330 g/mol. The fourth-order valence-electron chi connectivity index (χ4n) is 2.23. The molecule has 4 heteroatoms. The predicted octanol–water partition coefficient (Wildman–Crippen LogP) is 4.18. The second-order valence-electron chi connectivity index (χ2n) is 4.86. The Labute approximate surface area is 126 Å². The zero-order chi connectivity index (χ0) is 13.9. The maximum atomic E-state index is 4.57. The van der Waals surface area contributed by atoms with Gasteiger partial charge in [0.05, 0.1) is 17.6 Å². The Bertz CT molecular complexity index is 687. The van der Waals surface area contributed by atoms with Gasteiger partial charge in [0.15, 0.2) is 0 Å². The van der Waals surface area contributed by atoms with Crippen molar-refractivity contribution in [2.24, 2.45) is 0 Å². The van der Waals surface area contributed by atoms with E-state index in [4.69, 9.17) is 0 Å². The number of hydrogen-bond donors (Lipinski definition) is 2. The van der Waals surface area contributed by atoms with E-state index in [0.717, 1.165) is 27.9 Å². The first-order chi connectivity index (χ1) is 9.72. The molecule has 1 unspecified atom stereocenters. The van der Waals surface area contributed by atoms with Gasteiger partial charge in [-0.3, -0.25) is 0 Å². The summed E-state index contributed by atoms with van der Waals surface area (Å²) in [6.45, 7) is 2.88. The van der Waals surface area contributed by atoms with Gasteiger partial charge in [-0.2, -0.15) is 0 Å². The van der Waals surface area contributed by atoms with Crippen LogP contribution in [0.5, 0.6) is 0 Å². The first-order valence-corrected chi connectivity index (χ1v) is 7.44. The molecule has 0 radical (unpaired) electrons. The molecular weight excluding hydrogens is 314 g/mol. The van der Waals surface area contributed by atoms with Crippen molar-refractivity contribution < 1.29 is 0 Å². The van der Waals surface area contributed by atoms with Crippen LogP contribution in [0.1, 0.15) is 24.4 Å². The van der Waals surface area contributed by atoms with Crippen LogP contribution in [-0.4, -0.2) is 9.97 Å². The Hall–Kier alpha value is -1.65. The highest BCUT2D eigenvalue weighted by atomic mass is 79.9. The van der Waals surface area contributed by atoms with Crippen molar-refractivity contribution in [2.75, 3.05) is 0 Å². The number of hydrogen-bond acceptors (Lipinski definition) is 2. The molecule has 0 saturated carbocycles. The number of fused-ring (bicyclic) bond motifs is 1. The normalized spacial score (nSPS) is 12.7. The van der Waals surface area contributed by atoms with Gasteiger partial charge in [0.2, 0.25) is 0 Å². The molecule has 0 aliphatic heterocycles. The number of nitrogens with zero attached hydrogens (tertiary/aromatic N) is 1. The van der Waals surface area contributed by atoms with Gasteiger partial charge >= 0.3 is 0 Å². The van der Waals surface area contributed by atoms with Crippen molar-refractivity contribution in [1.82, 2.24) is 15.3 Å². The highest BCUT2D eigenvalue weighted by molar-refractivity contribution is 9.10. The van der Waals surface area contributed by atoms with E-state index < -0.39 is 0 Å². The molecule has 0 bridgehead atoms. The number of benzene rings is 2. The molecular formula is C16H16BrN3. The molecule has 3 rings (SSSR count). The van der Waals surface area contributed by atoms with Crippen molar-refractivity contribution in [3.8, 4) is 0 Å². The van der Waals surface area contributed by atoms with Crippen molar-refractivity contribution in [2.45, 2.75) is 19.5 Å². The zero-order valence-electron chi connectivity index (χ0n) is 11.2. The maximum Gasteiger partial charge on any atom is 0.121 e. The molecule has 1 heterocycles. The average Bonchev–Trinajstić information content (AvgIpc) is 2.87.